The average Bonchev–Trinajstić information content (AvgIpc) is 2.71. The summed E-state index contributed by atoms with van der Waals surface area (Å²) < 4.78 is 0.656. The fraction of sp³-hybridized carbons (Fsp3) is 0.182. The Labute approximate surface area is 101 Å². The third kappa shape index (κ3) is 2.14. The second-order valence-corrected chi connectivity index (χ2v) is 6.44. The zero-order valence-corrected chi connectivity index (χ0v) is 10.7. The fourth-order valence-corrected chi connectivity index (χ4v) is 3.34. The number of carbonyl (C=O) groups is 1. The third-order valence-electron chi connectivity index (χ3n) is 2.08. The molecule has 4 heteroatoms. The Morgan fingerprint density at radius 1 is 1.27 bits per heavy atom. The zero-order chi connectivity index (χ0) is 11.0. The van der Waals surface area contributed by atoms with Crippen LogP contribution in [0.1, 0.15) is 25.0 Å². The Balaban J connectivity index is 2.40. The van der Waals surface area contributed by atoms with Gasteiger partial charge in [0.2, 0.25) is 5.78 Å². The van der Waals surface area contributed by atoms with Gasteiger partial charge >= 0.3 is 0 Å². The van der Waals surface area contributed by atoms with Crippen molar-refractivity contribution in [2.45, 2.75) is 13.8 Å². The molecule has 0 amide bonds. The lowest BCUT2D eigenvalue weighted by molar-refractivity contribution is 0.104. The Morgan fingerprint density at radius 2 is 2.00 bits per heavy atom. The molecule has 0 spiro atoms. The molecular weight excluding hydrogens is 248 g/mol. The van der Waals surface area contributed by atoms with E-state index in [0.29, 0.717) is 9.21 Å². The predicted octanol–water partition coefficient (Wildman–Crippen LogP) is 4.31. The summed E-state index contributed by atoms with van der Waals surface area (Å²) in [5, 5.41) is 0. The van der Waals surface area contributed by atoms with E-state index in [0.717, 1.165) is 10.4 Å². The summed E-state index contributed by atoms with van der Waals surface area (Å²) in [6.07, 6.45) is 0. The minimum atomic E-state index is 0.0775. The minimum absolute atomic E-state index is 0.0775. The first-order chi connectivity index (χ1) is 7.08. The SMILES string of the molecule is Cc1cc(C(=O)c2ccc(Cl)s2)c(C)s1. The lowest BCUT2D eigenvalue weighted by Gasteiger charge is -1.94. The van der Waals surface area contributed by atoms with Gasteiger partial charge in [0, 0.05) is 15.3 Å². The maximum atomic E-state index is 12.1. The predicted molar refractivity (Wildman–Crippen MR) is 66.6 cm³/mol. The van der Waals surface area contributed by atoms with E-state index >= 15 is 0 Å². The van der Waals surface area contributed by atoms with Crippen molar-refractivity contribution in [1.29, 1.82) is 0 Å². The molecule has 0 aliphatic carbocycles. The average molecular weight is 257 g/mol. The van der Waals surface area contributed by atoms with Gasteiger partial charge in [-0.05, 0) is 32.0 Å². The molecular formula is C11H9ClOS2. The van der Waals surface area contributed by atoms with E-state index in [-0.39, 0.29) is 5.78 Å². The van der Waals surface area contributed by atoms with Crippen molar-refractivity contribution in [3.05, 3.63) is 42.7 Å². The van der Waals surface area contributed by atoms with Crippen LogP contribution in [0.5, 0.6) is 0 Å². The molecule has 0 aromatic carbocycles. The van der Waals surface area contributed by atoms with Crippen LogP contribution in [0.15, 0.2) is 18.2 Å². The van der Waals surface area contributed by atoms with Crippen molar-refractivity contribution in [1.82, 2.24) is 0 Å². The van der Waals surface area contributed by atoms with Crippen molar-refractivity contribution in [3.63, 3.8) is 0 Å². The molecule has 0 N–H and O–H groups in total. The van der Waals surface area contributed by atoms with Crippen molar-refractivity contribution >= 4 is 40.1 Å². The standard InChI is InChI=1S/C11H9ClOS2/c1-6-5-8(7(2)14-6)11(13)9-3-4-10(12)15-9/h3-5H,1-2H3. The van der Waals surface area contributed by atoms with Crippen molar-refractivity contribution < 1.29 is 4.79 Å². The lowest BCUT2D eigenvalue weighted by atomic mass is 10.1. The monoisotopic (exact) mass is 256 g/mol. The fourth-order valence-electron chi connectivity index (χ4n) is 1.43. The molecule has 0 aliphatic rings. The van der Waals surface area contributed by atoms with Crippen LogP contribution in [0.3, 0.4) is 0 Å². The van der Waals surface area contributed by atoms with Crippen LogP contribution in [0.25, 0.3) is 0 Å². The van der Waals surface area contributed by atoms with Crippen LogP contribution >= 0.6 is 34.3 Å². The Bertz CT molecular complexity index is 510. The van der Waals surface area contributed by atoms with E-state index < -0.39 is 0 Å². The highest BCUT2D eigenvalue weighted by Crippen LogP contribution is 2.28. The molecule has 2 aromatic heterocycles. The number of carbonyl (C=O) groups excluding carboxylic acids is 1. The second-order valence-electron chi connectivity index (χ2n) is 3.26. The molecule has 0 aliphatic heterocycles. The molecule has 0 atom stereocenters. The smallest absolute Gasteiger partial charge is 0.204 e. The highest BCUT2D eigenvalue weighted by atomic mass is 35.5. The van der Waals surface area contributed by atoms with Gasteiger partial charge in [-0.1, -0.05) is 11.6 Å². The largest absolute Gasteiger partial charge is 0.288 e. The maximum Gasteiger partial charge on any atom is 0.204 e. The highest BCUT2D eigenvalue weighted by Gasteiger charge is 2.15. The number of thiophene rings is 2. The Morgan fingerprint density at radius 3 is 2.47 bits per heavy atom. The van der Waals surface area contributed by atoms with E-state index in [2.05, 4.69) is 0 Å². The summed E-state index contributed by atoms with van der Waals surface area (Å²) in [7, 11) is 0. The van der Waals surface area contributed by atoms with Gasteiger partial charge in [-0.2, -0.15) is 0 Å². The number of rotatable bonds is 2. The van der Waals surface area contributed by atoms with Gasteiger partial charge in [0.15, 0.2) is 0 Å². The van der Waals surface area contributed by atoms with Crippen molar-refractivity contribution in [2.24, 2.45) is 0 Å². The molecule has 1 nitrogen and oxygen atoms in total. The van der Waals surface area contributed by atoms with Crippen molar-refractivity contribution in [2.75, 3.05) is 0 Å². The number of aryl methyl sites for hydroxylation is 2. The number of hydrogen-bond acceptors (Lipinski definition) is 3. The van der Waals surface area contributed by atoms with Crippen molar-refractivity contribution in [3.8, 4) is 0 Å². The summed E-state index contributed by atoms with van der Waals surface area (Å²) in [4.78, 5) is 15.0. The summed E-state index contributed by atoms with van der Waals surface area (Å²) in [5.74, 6) is 0.0775. The van der Waals surface area contributed by atoms with E-state index in [4.69, 9.17) is 11.6 Å². The van der Waals surface area contributed by atoms with Gasteiger partial charge in [-0.3, -0.25) is 4.79 Å². The number of ketones is 1. The second kappa shape index (κ2) is 4.08. The lowest BCUT2D eigenvalue weighted by Crippen LogP contribution is -1.97. The van der Waals surface area contributed by atoms with Crippen LogP contribution in [-0.4, -0.2) is 5.78 Å². The van der Waals surface area contributed by atoms with Crippen LogP contribution in [0.4, 0.5) is 0 Å². The van der Waals surface area contributed by atoms with E-state index in [1.807, 2.05) is 19.9 Å². The number of halogens is 1. The van der Waals surface area contributed by atoms with Crippen LogP contribution in [-0.2, 0) is 0 Å². The molecule has 2 rings (SSSR count). The van der Waals surface area contributed by atoms with Gasteiger partial charge < -0.3 is 0 Å². The quantitative estimate of drug-likeness (QED) is 0.732. The normalized spacial score (nSPS) is 10.6. The van der Waals surface area contributed by atoms with Gasteiger partial charge in [0.1, 0.15) is 0 Å². The maximum absolute atomic E-state index is 12.1. The van der Waals surface area contributed by atoms with E-state index in [9.17, 15) is 4.79 Å². The van der Waals surface area contributed by atoms with Gasteiger partial charge in [-0.15, -0.1) is 22.7 Å². The molecule has 15 heavy (non-hydrogen) atoms. The molecule has 0 radical (unpaired) electrons. The molecule has 0 saturated carbocycles. The highest BCUT2D eigenvalue weighted by molar-refractivity contribution is 7.18. The number of hydrogen-bond donors (Lipinski definition) is 0. The topological polar surface area (TPSA) is 17.1 Å². The van der Waals surface area contributed by atoms with Crippen LogP contribution in [0, 0.1) is 13.8 Å². The van der Waals surface area contributed by atoms with E-state index in [1.165, 1.54) is 16.2 Å². The molecule has 0 saturated heterocycles. The van der Waals surface area contributed by atoms with E-state index in [1.54, 1.807) is 23.5 Å². The molecule has 2 aromatic rings. The molecule has 2 heterocycles. The Hall–Kier alpha value is -0.640. The van der Waals surface area contributed by atoms with Crippen LogP contribution < -0.4 is 0 Å². The van der Waals surface area contributed by atoms with Gasteiger partial charge in [0.25, 0.3) is 0 Å². The minimum Gasteiger partial charge on any atom is -0.288 e. The van der Waals surface area contributed by atoms with Gasteiger partial charge in [0.05, 0.1) is 9.21 Å². The first-order valence-corrected chi connectivity index (χ1v) is 6.46. The Kier molecular flexibility index (Phi) is 2.96. The molecule has 0 fully saturated rings. The summed E-state index contributed by atoms with van der Waals surface area (Å²) in [6, 6.07) is 5.48. The summed E-state index contributed by atoms with van der Waals surface area (Å²) >= 11 is 8.78. The molecule has 0 bridgehead atoms. The summed E-state index contributed by atoms with van der Waals surface area (Å²) in [5.41, 5.74) is 0.802. The molecule has 0 unspecified atom stereocenters. The third-order valence-corrected chi connectivity index (χ3v) is 4.28. The summed E-state index contributed by atoms with van der Waals surface area (Å²) in [6.45, 7) is 3.98. The first-order valence-electron chi connectivity index (χ1n) is 4.45. The first kappa shape index (κ1) is 10.9. The molecule has 78 valence electrons. The van der Waals surface area contributed by atoms with Crippen LogP contribution in [0.2, 0.25) is 4.34 Å². The zero-order valence-electron chi connectivity index (χ0n) is 8.33. The van der Waals surface area contributed by atoms with Gasteiger partial charge in [-0.25, -0.2) is 0 Å².